The SMILES string of the molecule is Cc1ccc(C(C)NC(=O)CCN2CCC(C(N)=O)CC2)cn1. The van der Waals surface area contributed by atoms with E-state index in [1.807, 2.05) is 26.0 Å². The molecular formula is C17H26N4O2. The van der Waals surface area contributed by atoms with Crippen molar-refractivity contribution in [2.75, 3.05) is 19.6 Å². The smallest absolute Gasteiger partial charge is 0.221 e. The Balaban J connectivity index is 1.71. The van der Waals surface area contributed by atoms with Gasteiger partial charge in [0.25, 0.3) is 0 Å². The number of carbonyl (C=O) groups excluding carboxylic acids is 2. The van der Waals surface area contributed by atoms with Gasteiger partial charge in [0, 0.05) is 30.8 Å². The van der Waals surface area contributed by atoms with Gasteiger partial charge in [-0.3, -0.25) is 14.6 Å². The van der Waals surface area contributed by atoms with Crippen LogP contribution < -0.4 is 11.1 Å². The van der Waals surface area contributed by atoms with Gasteiger partial charge in [0.1, 0.15) is 0 Å². The second-order valence-corrected chi connectivity index (χ2v) is 6.29. The van der Waals surface area contributed by atoms with Crippen molar-refractivity contribution < 1.29 is 9.59 Å². The molecule has 1 aromatic heterocycles. The summed E-state index contributed by atoms with van der Waals surface area (Å²) >= 11 is 0. The van der Waals surface area contributed by atoms with Crippen molar-refractivity contribution in [2.45, 2.75) is 39.2 Å². The van der Waals surface area contributed by atoms with Gasteiger partial charge in [-0.15, -0.1) is 0 Å². The number of hydrogen-bond acceptors (Lipinski definition) is 4. The number of primary amides is 1. The number of nitrogens with zero attached hydrogens (tertiary/aromatic N) is 2. The third-order valence-corrected chi connectivity index (χ3v) is 4.46. The number of aryl methyl sites for hydroxylation is 1. The molecule has 23 heavy (non-hydrogen) atoms. The first-order valence-electron chi connectivity index (χ1n) is 8.19. The van der Waals surface area contributed by atoms with E-state index >= 15 is 0 Å². The standard InChI is InChI=1S/C17H26N4O2/c1-12-3-4-15(11-19-12)13(2)20-16(22)7-10-21-8-5-14(6-9-21)17(18)23/h3-4,11,13-14H,5-10H2,1-2H3,(H2,18,23)(H,20,22). The zero-order valence-electron chi connectivity index (χ0n) is 13.9. The van der Waals surface area contributed by atoms with Crippen molar-refractivity contribution in [2.24, 2.45) is 11.7 Å². The molecule has 1 saturated heterocycles. The van der Waals surface area contributed by atoms with Gasteiger partial charge in [0.05, 0.1) is 6.04 Å². The normalized spacial score (nSPS) is 17.7. The van der Waals surface area contributed by atoms with Crippen molar-refractivity contribution >= 4 is 11.8 Å². The number of aromatic nitrogens is 1. The summed E-state index contributed by atoms with van der Waals surface area (Å²) in [5, 5.41) is 3.00. The van der Waals surface area contributed by atoms with Gasteiger partial charge in [0.2, 0.25) is 11.8 Å². The average Bonchev–Trinajstić information content (AvgIpc) is 2.54. The zero-order valence-corrected chi connectivity index (χ0v) is 13.9. The lowest BCUT2D eigenvalue weighted by molar-refractivity contribution is -0.124. The number of nitrogens with one attached hydrogen (secondary N) is 1. The lowest BCUT2D eigenvalue weighted by atomic mass is 9.96. The minimum absolute atomic E-state index is 0.00543. The van der Waals surface area contributed by atoms with Crippen molar-refractivity contribution in [3.05, 3.63) is 29.6 Å². The molecule has 0 bridgehead atoms. The summed E-state index contributed by atoms with van der Waals surface area (Å²) in [4.78, 5) is 29.7. The Morgan fingerprint density at radius 1 is 1.39 bits per heavy atom. The summed E-state index contributed by atoms with van der Waals surface area (Å²) in [6.07, 6.45) is 3.85. The molecule has 1 unspecified atom stereocenters. The first-order valence-corrected chi connectivity index (χ1v) is 8.19. The molecule has 1 aliphatic rings. The highest BCUT2D eigenvalue weighted by molar-refractivity contribution is 5.77. The molecule has 1 fully saturated rings. The highest BCUT2D eigenvalue weighted by Gasteiger charge is 2.23. The number of nitrogens with two attached hydrogens (primary N) is 1. The summed E-state index contributed by atoms with van der Waals surface area (Å²) in [6.45, 7) is 6.28. The molecule has 1 atom stereocenters. The molecule has 0 spiro atoms. The molecule has 0 saturated carbocycles. The van der Waals surface area contributed by atoms with Gasteiger partial charge in [-0.05, 0) is 51.4 Å². The molecule has 2 heterocycles. The third kappa shape index (κ3) is 5.32. The van der Waals surface area contributed by atoms with Crippen molar-refractivity contribution in [1.29, 1.82) is 0 Å². The summed E-state index contributed by atoms with van der Waals surface area (Å²) in [7, 11) is 0. The first-order chi connectivity index (χ1) is 11.0. The Kier molecular flexibility index (Phi) is 6.10. The van der Waals surface area contributed by atoms with E-state index in [1.54, 1.807) is 6.20 Å². The van der Waals surface area contributed by atoms with Crippen LogP contribution in [0.3, 0.4) is 0 Å². The Morgan fingerprint density at radius 2 is 2.09 bits per heavy atom. The summed E-state index contributed by atoms with van der Waals surface area (Å²) < 4.78 is 0. The van der Waals surface area contributed by atoms with E-state index in [0.717, 1.165) is 43.7 Å². The topological polar surface area (TPSA) is 88.3 Å². The molecular weight excluding hydrogens is 292 g/mol. The van der Waals surface area contributed by atoms with Gasteiger partial charge < -0.3 is 16.0 Å². The number of hydrogen-bond donors (Lipinski definition) is 2. The third-order valence-electron chi connectivity index (χ3n) is 4.46. The van der Waals surface area contributed by atoms with E-state index in [-0.39, 0.29) is 23.8 Å². The van der Waals surface area contributed by atoms with Crippen LogP contribution >= 0.6 is 0 Å². The number of likely N-dealkylation sites (tertiary alicyclic amines) is 1. The van der Waals surface area contributed by atoms with Crippen LogP contribution in [0.2, 0.25) is 0 Å². The molecule has 6 heteroatoms. The molecule has 6 nitrogen and oxygen atoms in total. The quantitative estimate of drug-likeness (QED) is 0.823. The van der Waals surface area contributed by atoms with Crippen LogP contribution in [0, 0.1) is 12.8 Å². The van der Waals surface area contributed by atoms with Crippen molar-refractivity contribution in [3.63, 3.8) is 0 Å². The fraction of sp³-hybridized carbons (Fsp3) is 0.588. The van der Waals surface area contributed by atoms with Gasteiger partial charge in [-0.1, -0.05) is 6.07 Å². The maximum Gasteiger partial charge on any atom is 0.221 e. The second-order valence-electron chi connectivity index (χ2n) is 6.29. The predicted octanol–water partition coefficient (Wildman–Crippen LogP) is 1.15. The van der Waals surface area contributed by atoms with Crippen LogP contribution in [-0.2, 0) is 9.59 Å². The maximum absolute atomic E-state index is 12.1. The molecule has 2 amide bonds. The van der Waals surface area contributed by atoms with Gasteiger partial charge in [-0.2, -0.15) is 0 Å². The van der Waals surface area contributed by atoms with Crippen LogP contribution in [-0.4, -0.2) is 41.3 Å². The van der Waals surface area contributed by atoms with Gasteiger partial charge >= 0.3 is 0 Å². The highest BCUT2D eigenvalue weighted by Crippen LogP contribution is 2.17. The van der Waals surface area contributed by atoms with Crippen LogP contribution in [0.5, 0.6) is 0 Å². The minimum Gasteiger partial charge on any atom is -0.369 e. The highest BCUT2D eigenvalue weighted by atomic mass is 16.2. The van der Waals surface area contributed by atoms with Gasteiger partial charge in [0.15, 0.2) is 0 Å². The van der Waals surface area contributed by atoms with Crippen molar-refractivity contribution in [3.8, 4) is 0 Å². The van der Waals surface area contributed by atoms with E-state index in [1.165, 1.54) is 0 Å². The van der Waals surface area contributed by atoms with Crippen LogP contribution in [0.15, 0.2) is 18.3 Å². The molecule has 3 N–H and O–H groups in total. The monoisotopic (exact) mass is 318 g/mol. The lowest BCUT2D eigenvalue weighted by Crippen LogP contribution is -2.40. The molecule has 0 radical (unpaired) electrons. The first kappa shape index (κ1) is 17.4. The van der Waals surface area contributed by atoms with Gasteiger partial charge in [-0.25, -0.2) is 0 Å². The number of rotatable bonds is 6. The second kappa shape index (κ2) is 8.06. The van der Waals surface area contributed by atoms with E-state index in [2.05, 4.69) is 15.2 Å². The van der Waals surface area contributed by atoms with E-state index < -0.39 is 0 Å². The van der Waals surface area contributed by atoms with E-state index in [4.69, 9.17) is 5.73 Å². The summed E-state index contributed by atoms with van der Waals surface area (Å²) in [6, 6.07) is 3.89. The molecule has 1 aromatic rings. The molecule has 0 aliphatic carbocycles. The van der Waals surface area contributed by atoms with Crippen LogP contribution in [0.25, 0.3) is 0 Å². The number of piperidine rings is 1. The Labute approximate surface area is 137 Å². The number of pyridine rings is 1. The largest absolute Gasteiger partial charge is 0.369 e. The predicted molar refractivity (Wildman–Crippen MR) is 88.5 cm³/mol. The summed E-state index contributed by atoms with van der Waals surface area (Å²) in [5.74, 6) is -0.174. The number of amides is 2. The fourth-order valence-electron chi connectivity index (χ4n) is 2.83. The average molecular weight is 318 g/mol. The van der Waals surface area contributed by atoms with Crippen molar-refractivity contribution in [1.82, 2.24) is 15.2 Å². The Morgan fingerprint density at radius 3 is 2.65 bits per heavy atom. The minimum atomic E-state index is -0.206. The Hall–Kier alpha value is -1.95. The maximum atomic E-state index is 12.1. The molecule has 0 aromatic carbocycles. The Bertz CT molecular complexity index is 536. The lowest BCUT2D eigenvalue weighted by Gasteiger charge is -2.30. The zero-order chi connectivity index (χ0) is 16.8. The van der Waals surface area contributed by atoms with Crippen LogP contribution in [0.4, 0.5) is 0 Å². The summed E-state index contributed by atoms with van der Waals surface area (Å²) in [5.41, 5.74) is 7.30. The van der Waals surface area contributed by atoms with Crippen LogP contribution in [0.1, 0.15) is 43.5 Å². The molecule has 2 rings (SSSR count). The van der Waals surface area contributed by atoms with E-state index in [0.29, 0.717) is 6.42 Å². The number of carbonyl (C=O) groups is 2. The molecule has 1 aliphatic heterocycles. The fourth-order valence-corrected chi connectivity index (χ4v) is 2.83. The van der Waals surface area contributed by atoms with E-state index in [9.17, 15) is 9.59 Å². The molecule has 126 valence electrons.